The molecule has 0 saturated heterocycles. The van der Waals surface area contributed by atoms with Gasteiger partial charge in [-0.05, 0) is 18.2 Å². The molecule has 0 aliphatic carbocycles. The molecular formula is C14H17ClN4OS. The molecule has 112 valence electrons. The summed E-state index contributed by atoms with van der Waals surface area (Å²) >= 11 is 7.24. The van der Waals surface area contributed by atoms with Crippen molar-refractivity contribution in [2.24, 2.45) is 7.05 Å². The maximum Gasteiger partial charge on any atom is 0.234 e. The first kappa shape index (κ1) is 15.9. The lowest BCUT2D eigenvalue weighted by atomic mass is 10.2. The van der Waals surface area contributed by atoms with E-state index in [0.29, 0.717) is 16.6 Å². The van der Waals surface area contributed by atoms with Crippen LogP contribution in [0, 0.1) is 0 Å². The van der Waals surface area contributed by atoms with Gasteiger partial charge in [0.15, 0.2) is 5.16 Å². The van der Waals surface area contributed by atoms with Crippen LogP contribution in [0.4, 0.5) is 5.69 Å². The van der Waals surface area contributed by atoms with Crippen molar-refractivity contribution in [1.29, 1.82) is 0 Å². The van der Waals surface area contributed by atoms with Crippen LogP contribution >= 0.6 is 23.4 Å². The maximum atomic E-state index is 11.9. The van der Waals surface area contributed by atoms with E-state index in [1.807, 2.05) is 11.6 Å². The summed E-state index contributed by atoms with van der Waals surface area (Å²) in [6.07, 6.45) is 0. The highest BCUT2D eigenvalue weighted by Gasteiger charge is 2.13. The number of carbonyl (C=O) groups excluding carboxylic acids is 1. The van der Waals surface area contributed by atoms with Crippen LogP contribution in [0.1, 0.15) is 25.6 Å². The van der Waals surface area contributed by atoms with Gasteiger partial charge in [-0.25, -0.2) is 0 Å². The summed E-state index contributed by atoms with van der Waals surface area (Å²) < 4.78 is 1.92. The van der Waals surface area contributed by atoms with E-state index in [0.717, 1.165) is 11.0 Å². The van der Waals surface area contributed by atoms with Crippen molar-refractivity contribution in [3.63, 3.8) is 0 Å². The van der Waals surface area contributed by atoms with Crippen molar-refractivity contribution in [3.8, 4) is 0 Å². The summed E-state index contributed by atoms with van der Waals surface area (Å²) in [5.41, 5.74) is 0.689. The zero-order chi connectivity index (χ0) is 15.4. The second-order valence-corrected chi connectivity index (χ2v) is 6.28. The summed E-state index contributed by atoms with van der Waals surface area (Å²) in [4.78, 5) is 11.9. The van der Waals surface area contributed by atoms with Gasteiger partial charge < -0.3 is 9.88 Å². The lowest BCUT2D eigenvalue weighted by Crippen LogP contribution is -2.14. The molecule has 21 heavy (non-hydrogen) atoms. The normalized spacial score (nSPS) is 10.9. The number of thioether (sulfide) groups is 1. The highest BCUT2D eigenvalue weighted by Crippen LogP contribution is 2.20. The minimum atomic E-state index is -0.101. The number of hydrogen-bond acceptors (Lipinski definition) is 4. The number of rotatable bonds is 5. The second kappa shape index (κ2) is 6.95. The molecule has 0 atom stereocenters. The Bertz CT molecular complexity index is 642. The molecule has 1 aromatic heterocycles. The first-order chi connectivity index (χ1) is 9.97. The van der Waals surface area contributed by atoms with Crippen molar-refractivity contribution in [3.05, 3.63) is 35.1 Å². The van der Waals surface area contributed by atoms with E-state index in [4.69, 9.17) is 11.6 Å². The molecule has 0 saturated carbocycles. The van der Waals surface area contributed by atoms with Gasteiger partial charge in [-0.15, -0.1) is 10.2 Å². The smallest absolute Gasteiger partial charge is 0.234 e. The predicted molar refractivity (Wildman–Crippen MR) is 85.9 cm³/mol. The quantitative estimate of drug-likeness (QED) is 0.857. The number of benzene rings is 1. The standard InChI is InChI=1S/C14H17ClN4OS/c1-9(2)13-17-18-14(19(13)3)21-8-12(20)16-11-6-4-5-10(15)7-11/h4-7,9H,8H2,1-3H3,(H,16,20). The number of carbonyl (C=O) groups is 1. The van der Waals surface area contributed by atoms with E-state index in [-0.39, 0.29) is 11.7 Å². The summed E-state index contributed by atoms with van der Waals surface area (Å²) in [7, 11) is 1.91. The van der Waals surface area contributed by atoms with E-state index in [9.17, 15) is 4.79 Å². The van der Waals surface area contributed by atoms with Crippen molar-refractivity contribution in [2.75, 3.05) is 11.1 Å². The Hall–Kier alpha value is -1.53. The summed E-state index contributed by atoms with van der Waals surface area (Å²) in [5.74, 6) is 1.39. The Labute approximate surface area is 133 Å². The van der Waals surface area contributed by atoms with Crippen molar-refractivity contribution >= 4 is 35.0 Å². The van der Waals surface area contributed by atoms with Gasteiger partial charge in [-0.2, -0.15) is 0 Å². The zero-order valence-electron chi connectivity index (χ0n) is 12.1. The van der Waals surface area contributed by atoms with Gasteiger partial charge in [-0.3, -0.25) is 4.79 Å². The van der Waals surface area contributed by atoms with Gasteiger partial charge >= 0.3 is 0 Å². The van der Waals surface area contributed by atoms with Gasteiger partial charge in [0, 0.05) is 23.7 Å². The first-order valence-electron chi connectivity index (χ1n) is 6.55. The van der Waals surface area contributed by atoms with E-state index in [1.54, 1.807) is 24.3 Å². The third-order valence-corrected chi connectivity index (χ3v) is 4.08. The number of aromatic nitrogens is 3. The van der Waals surface area contributed by atoms with E-state index >= 15 is 0 Å². The van der Waals surface area contributed by atoms with E-state index in [2.05, 4.69) is 29.4 Å². The summed E-state index contributed by atoms with van der Waals surface area (Å²) in [6, 6.07) is 7.07. The van der Waals surface area contributed by atoms with Crippen molar-refractivity contribution in [1.82, 2.24) is 14.8 Å². The van der Waals surface area contributed by atoms with E-state index < -0.39 is 0 Å². The molecule has 2 aromatic rings. The first-order valence-corrected chi connectivity index (χ1v) is 7.91. The van der Waals surface area contributed by atoms with Gasteiger partial charge in [0.2, 0.25) is 5.91 Å². The van der Waals surface area contributed by atoms with Crippen LogP contribution in [0.15, 0.2) is 29.4 Å². The molecular weight excluding hydrogens is 308 g/mol. The molecule has 0 unspecified atom stereocenters. The van der Waals surface area contributed by atoms with Gasteiger partial charge in [0.05, 0.1) is 5.75 Å². The van der Waals surface area contributed by atoms with Crippen LogP contribution < -0.4 is 5.32 Å². The molecule has 1 aromatic carbocycles. The van der Waals surface area contributed by atoms with Gasteiger partial charge in [0.25, 0.3) is 0 Å². The molecule has 0 aliphatic heterocycles. The van der Waals surface area contributed by atoms with Crippen LogP contribution in [0.5, 0.6) is 0 Å². The lowest BCUT2D eigenvalue weighted by molar-refractivity contribution is -0.113. The number of hydrogen-bond donors (Lipinski definition) is 1. The van der Waals surface area contributed by atoms with Crippen LogP contribution in [-0.4, -0.2) is 26.4 Å². The monoisotopic (exact) mass is 324 g/mol. The van der Waals surface area contributed by atoms with Crippen LogP contribution in [0.2, 0.25) is 5.02 Å². The molecule has 2 rings (SSSR count). The number of halogens is 1. The van der Waals surface area contributed by atoms with Crippen LogP contribution in [0.3, 0.4) is 0 Å². The Morgan fingerprint density at radius 1 is 1.43 bits per heavy atom. The third kappa shape index (κ3) is 4.22. The number of nitrogens with zero attached hydrogens (tertiary/aromatic N) is 3. The fraction of sp³-hybridized carbons (Fsp3) is 0.357. The number of nitrogens with one attached hydrogen (secondary N) is 1. The Kier molecular flexibility index (Phi) is 5.25. The molecule has 1 N–H and O–H groups in total. The molecule has 5 nitrogen and oxygen atoms in total. The van der Waals surface area contributed by atoms with Gasteiger partial charge in [0.1, 0.15) is 5.82 Å². The van der Waals surface area contributed by atoms with Crippen LogP contribution in [-0.2, 0) is 11.8 Å². The molecule has 0 spiro atoms. The van der Waals surface area contributed by atoms with Crippen molar-refractivity contribution in [2.45, 2.75) is 24.9 Å². The SMILES string of the molecule is CC(C)c1nnc(SCC(=O)Nc2cccc(Cl)c2)n1C. The molecule has 1 heterocycles. The Morgan fingerprint density at radius 3 is 2.81 bits per heavy atom. The highest BCUT2D eigenvalue weighted by atomic mass is 35.5. The minimum absolute atomic E-state index is 0.101. The molecule has 0 radical (unpaired) electrons. The molecule has 0 bridgehead atoms. The lowest BCUT2D eigenvalue weighted by Gasteiger charge is -2.07. The van der Waals surface area contributed by atoms with E-state index in [1.165, 1.54) is 11.8 Å². The largest absolute Gasteiger partial charge is 0.325 e. The maximum absolute atomic E-state index is 11.9. The molecule has 0 fully saturated rings. The average Bonchev–Trinajstić information content (AvgIpc) is 2.78. The number of anilines is 1. The second-order valence-electron chi connectivity index (χ2n) is 4.90. The fourth-order valence-corrected chi connectivity index (χ4v) is 2.76. The molecule has 7 heteroatoms. The fourth-order valence-electron chi connectivity index (χ4n) is 1.85. The van der Waals surface area contributed by atoms with Crippen molar-refractivity contribution < 1.29 is 4.79 Å². The Morgan fingerprint density at radius 2 is 2.19 bits per heavy atom. The van der Waals surface area contributed by atoms with Gasteiger partial charge in [-0.1, -0.05) is 43.3 Å². The molecule has 1 amide bonds. The number of amides is 1. The minimum Gasteiger partial charge on any atom is -0.325 e. The topological polar surface area (TPSA) is 59.8 Å². The highest BCUT2D eigenvalue weighted by molar-refractivity contribution is 7.99. The molecule has 0 aliphatic rings. The summed E-state index contributed by atoms with van der Waals surface area (Å²) in [6.45, 7) is 4.12. The Balaban J connectivity index is 1.92. The average molecular weight is 325 g/mol. The third-order valence-electron chi connectivity index (χ3n) is 2.83. The summed E-state index contributed by atoms with van der Waals surface area (Å²) in [5, 5.41) is 12.4. The predicted octanol–water partition coefficient (Wildman–Crippen LogP) is 3.32. The van der Waals surface area contributed by atoms with Crippen LogP contribution in [0.25, 0.3) is 0 Å². The zero-order valence-corrected chi connectivity index (χ0v) is 13.7.